The second-order valence-corrected chi connectivity index (χ2v) is 6.35. The van der Waals surface area contributed by atoms with Crippen LogP contribution in [-0.4, -0.2) is 24.1 Å². The maximum atomic E-state index is 12.4. The van der Waals surface area contributed by atoms with Gasteiger partial charge in [0.2, 0.25) is 0 Å². The molecule has 0 aliphatic rings. The molecule has 0 aliphatic heterocycles. The van der Waals surface area contributed by atoms with E-state index >= 15 is 0 Å². The van der Waals surface area contributed by atoms with Crippen molar-refractivity contribution in [3.8, 4) is 5.69 Å². The van der Waals surface area contributed by atoms with E-state index in [-0.39, 0.29) is 6.54 Å². The first kappa shape index (κ1) is 13.4. The molecule has 2 rings (SSSR count). The maximum absolute atomic E-state index is 12.4. The lowest BCUT2D eigenvalue weighted by molar-refractivity contribution is -0.750. The minimum Gasteiger partial charge on any atom is -0.195 e. The van der Waals surface area contributed by atoms with E-state index in [4.69, 9.17) is 0 Å². The van der Waals surface area contributed by atoms with Gasteiger partial charge in [-0.2, -0.15) is 8.42 Å². The molecule has 0 N–H and O–H groups in total. The number of hydrogen-bond acceptors (Lipinski definition) is 3. The smallest absolute Gasteiger partial charge is 0.195 e. The lowest BCUT2D eigenvalue weighted by Crippen LogP contribution is -2.38. The van der Waals surface area contributed by atoms with E-state index in [9.17, 15) is 12.3 Å². The van der Waals surface area contributed by atoms with E-state index < -0.39 is 16.0 Å². The summed E-state index contributed by atoms with van der Waals surface area (Å²) in [6, 6.07) is 7.66. The minimum atomic E-state index is -4.45. The fourth-order valence-corrected chi connectivity index (χ4v) is 2.14. The third kappa shape index (κ3) is 3.73. The van der Waals surface area contributed by atoms with Gasteiger partial charge in [-0.1, -0.05) is 0 Å². The molecule has 0 unspecified atom stereocenters. The molecule has 0 saturated carbocycles. The highest BCUT2D eigenvalue weighted by Crippen LogP contribution is 2.09. The van der Waals surface area contributed by atoms with E-state index in [1.807, 2.05) is 24.3 Å². The van der Waals surface area contributed by atoms with Crippen LogP contribution in [0.1, 0.15) is 0 Å². The van der Waals surface area contributed by atoms with Gasteiger partial charge in [-0.15, -0.1) is 13.2 Å². The summed E-state index contributed by atoms with van der Waals surface area (Å²) in [6.45, 7) is -0.00377. The van der Waals surface area contributed by atoms with Crippen LogP contribution in [0.5, 0.6) is 0 Å². The van der Waals surface area contributed by atoms with Gasteiger partial charge < -0.3 is 0 Å². The van der Waals surface area contributed by atoms with Crippen LogP contribution in [0.15, 0.2) is 36.7 Å². The lowest BCUT2D eigenvalue weighted by Gasteiger charge is -1.93. The molecule has 2 aromatic rings. The number of aromatic nitrogens is 3. The van der Waals surface area contributed by atoms with Gasteiger partial charge >= 0.3 is 10.2 Å². The standard InChI is InChI=1S/C10H10FIN3O2S/c11-18(16,17)8-7-14-5-6-15(13-14)10-3-1-9(12)2-4-10/h1-6H,7-8H2/q+1. The van der Waals surface area contributed by atoms with E-state index in [1.54, 1.807) is 17.1 Å². The summed E-state index contributed by atoms with van der Waals surface area (Å²) in [5, 5.41) is 4.11. The highest BCUT2D eigenvalue weighted by Gasteiger charge is 2.13. The molecule has 0 atom stereocenters. The van der Waals surface area contributed by atoms with Crippen LogP contribution in [0.3, 0.4) is 0 Å². The third-order valence-electron chi connectivity index (χ3n) is 2.25. The number of halogens is 2. The van der Waals surface area contributed by atoms with Crippen molar-refractivity contribution in [3.05, 3.63) is 40.2 Å². The SMILES string of the molecule is O=S(=O)(F)CC[n+]1ccn(-c2ccc(I)cc2)n1. The van der Waals surface area contributed by atoms with Crippen LogP contribution in [0.2, 0.25) is 0 Å². The van der Waals surface area contributed by atoms with E-state index in [1.165, 1.54) is 4.68 Å². The normalized spacial score (nSPS) is 11.7. The Morgan fingerprint density at radius 1 is 1.33 bits per heavy atom. The van der Waals surface area contributed by atoms with Crippen LogP contribution in [0, 0.1) is 3.57 Å². The Balaban J connectivity index is 2.13. The molecular formula is C10H10FIN3O2S+. The van der Waals surface area contributed by atoms with Crippen molar-refractivity contribution in [2.75, 3.05) is 5.75 Å². The molecule has 18 heavy (non-hydrogen) atoms. The Morgan fingerprint density at radius 2 is 2.00 bits per heavy atom. The Kier molecular flexibility index (Phi) is 3.95. The zero-order valence-corrected chi connectivity index (χ0v) is 12.2. The van der Waals surface area contributed by atoms with Crippen molar-refractivity contribution < 1.29 is 17.0 Å². The topological polar surface area (TPSA) is 55.8 Å². The third-order valence-corrected chi connectivity index (χ3v) is 3.64. The largest absolute Gasteiger partial charge is 0.306 e. The summed E-state index contributed by atoms with van der Waals surface area (Å²) >= 11 is 2.20. The van der Waals surface area contributed by atoms with Crippen LogP contribution in [0.25, 0.3) is 5.69 Å². The van der Waals surface area contributed by atoms with Gasteiger partial charge in [0.1, 0.15) is 12.3 Å². The average Bonchev–Trinajstić information content (AvgIpc) is 2.75. The quantitative estimate of drug-likeness (QED) is 0.452. The van der Waals surface area contributed by atoms with Gasteiger partial charge in [0.05, 0.1) is 5.21 Å². The summed E-state index contributed by atoms with van der Waals surface area (Å²) in [7, 11) is -4.45. The first-order chi connectivity index (χ1) is 8.44. The molecule has 1 heterocycles. The summed E-state index contributed by atoms with van der Waals surface area (Å²) in [5.74, 6) is -0.568. The van der Waals surface area contributed by atoms with Crippen molar-refractivity contribution in [1.82, 2.24) is 9.90 Å². The van der Waals surface area contributed by atoms with E-state index in [2.05, 4.69) is 27.8 Å². The van der Waals surface area contributed by atoms with Crippen molar-refractivity contribution in [2.45, 2.75) is 6.54 Å². The summed E-state index contributed by atoms with van der Waals surface area (Å²) < 4.78 is 37.3. The number of nitrogens with zero attached hydrogens (tertiary/aromatic N) is 3. The molecule has 0 spiro atoms. The summed E-state index contributed by atoms with van der Waals surface area (Å²) in [4.78, 5) is 0. The summed E-state index contributed by atoms with van der Waals surface area (Å²) in [5.41, 5.74) is 0.859. The van der Waals surface area contributed by atoms with Gasteiger partial charge in [-0.25, -0.2) is 0 Å². The van der Waals surface area contributed by atoms with E-state index in [0.717, 1.165) is 9.26 Å². The predicted molar refractivity (Wildman–Crippen MR) is 71.4 cm³/mol. The zero-order valence-electron chi connectivity index (χ0n) is 9.20. The van der Waals surface area contributed by atoms with Gasteiger partial charge in [-0.05, 0) is 46.9 Å². The van der Waals surface area contributed by atoms with Crippen LogP contribution >= 0.6 is 22.6 Å². The molecule has 0 radical (unpaired) electrons. The van der Waals surface area contributed by atoms with Gasteiger partial charge in [0.15, 0.2) is 18.1 Å². The second kappa shape index (κ2) is 5.31. The van der Waals surface area contributed by atoms with Gasteiger partial charge in [-0.3, -0.25) is 0 Å². The minimum absolute atomic E-state index is 0.00377. The maximum Gasteiger partial charge on any atom is 0.306 e. The zero-order chi connectivity index (χ0) is 13.2. The molecule has 0 aliphatic carbocycles. The molecular weight excluding hydrogens is 372 g/mol. The van der Waals surface area contributed by atoms with Crippen molar-refractivity contribution in [1.29, 1.82) is 0 Å². The fourth-order valence-electron chi connectivity index (χ4n) is 1.38. The molecule has 1 aromatic heterocycles. The Bertz CT molecular complexity index is 639. The number of benzene rings is 1. The highest BCUT2D eigenvalue weighted by atomic mass is 127. The van der Waals surface area contributed by atoms with Crippen molar-refractivity contribution in [3.63, 3.8) is 0 Å². The molecule has 5 nitrogen and oxygen atoms in total. The molecule has 8 heteroatoms. The molecule has 0 amide bonds. The molecule has 0 fully saturated rings. The molecule has 1 aromatic carbocycles. The Morgan fingerprint density at radius 3 is 2.61 bits per heavy atom. The Hall–Kier alpha value is -1.03. The Labute approximate surface area is 118 Å². The molecule has 0 saturated heterocycles. The fraction of sp³-hybridized carbons (Fsp3) is 0.200. The number of rotatable bonds is 4. The second-order valence-electron chi connectivity index (χ2n) is 3.61. The first-order valence-electron chi connectivity index (χ1n) is 5.08. The predicted octanol–water partition coefficient (Wildman–Crippen LogP) is 1.06. The van der Waals surface area contributed by atoms with Gasteiger partial charge in [0.25, 0.3) is 0 Å². The monoisotopic (exact) mass is 382 g/mol. The lowest BCUT2D eigenvalue weighted by atomic mass is 10.3. The summed E-state index contributed by atoms with van der Waals surface area (Å²) in [6.07, 6.45) is 3.29. The van der Waals surface area contributed by atoms with Crippen LogP contribution in [0.4, 0.5) is 3.89 Å². The van der Waals surface area contributed by atoms with E-state index in [0.29, 0.717) is 0 Å². The van der Waals surface area contributed by atoms with Crippen molar-refractivity contribution in [2.24, 2.45) is 0 Å². The highest BCUT2D eigenvalue weighted by molar-refractivity contribution is 14.1. The van der Waals surface area contributed by atoms with Crippen LogP contribution in [-0.2, 0) is 16.8 Å². The molecule has 96 valence electrons. The van der Waals surface area contributed by atoms with Crippen LogP contribution < -0.4 is 4.68 Å². The number of hydrogen-bond donors (Lipinski definition) is 0. The number of aryl methyl sites for hydroxylation is 1. The first-order valence-corrected chi connectivity index (χ1v) is 7.71. The average molecular weight is 382 g/mol. The molecule has 0 bridgehead atoms. The van der Waals surface area contributed by atoms with Crippen molar-refractivity contribution >= 4 is 32.8 Å². The van der Waals surface area contributed by atoms with Gasteiger partial charge in [0, 0.05) is 3.57 Å².